The van der Waals surface area contributed by atoms with E-state index in [1.807, 2.05) is 6.92 Å². The lowest BCUT2D eigenvalue weighted by molar-refractivity contribution is 0.591. The zero-order chi connectivity index (χ0) is 13.9. The number of anilines is 1. The maximum absolute atomic E-state index is 13.2. The molecule has 0 radical (unpaired) electrons. The standard InChI is InChI=1S/C14H14FNO2S/c1-2-16-13-8-3-4-9-14(13)19(17,18)12-7-5-6-11(15)10-12/h3-10,16H,2H2,1H3. The first kappa shape index (κ1) is 13.5. The topological polar surface area (TPSA) is 46.2 Å². The first-order valence-electron chi connectivity index (χ1n) is 5.89. The molecule has 2 aromatic carbocycles. The minimum Gasteiger partial charge on any atom is -0.384 e. The summed E-state index contributed by atoms with van der Waals surface area (Å²) < 4.78 is 38.1. The van der Waals surface area contributed by atoms with Gasteiger partial charge in [0.05, 0.1) is 15.5 Å². The highest BCUT2D eigenvalue weighted by Crippen LogP contribution is 2.27. The number of benzene rings is 2. The van der Waals surface area contributed by atoms with Crippen molar-refractivity contribution in [3.8, 4) is 0 Å². The lowest BCUT2D eigenvalue weighted by atomic mass is 10.3. The van der Waals surface area contributed by atoms with Crippen LogP contribution in [0.15, 0.2) is 58.3 Å². The molecule has 0 amide bonds. The molecule has 0 aromatic heterocycles. The fraction of sp³-hybridized carbons (Fsp3) is 0.143. The van der Waals surface area contributed by atoms with E-state index >= 15 is 0 Å². The molecule has 0 unspecified atom stereocenters. The van der Waals surface area contributed by atoms with E-state index in [0.29, 0.717) is 12.2 Å². The van der Waals surface area contributed by atoms with E-state index in [9.17, 15) is 12.8 Å². The summed E-state index contributed by atoms with van der Waals surface area (Å²) in [6.45, 7) is 2.49. The van der Waals surface area contributed by atoms with Crippen molar-refractivity contribution in [2.75, 3.05) is 11.9 Å². The summed E-state index contributed by atoms with van der Waals surface area (Å²) >= 11 is 0. The summed E-state index contributed by atoms with van der Waals surface area (Å²) in [5.41, 5.74) is 0.522. The van der Waals surface area contributed by atoms with E-state index in [1.165, 1.54) is 24.3 Å². The van der Waals surface area contributed by atoms with Crippen molar-refractivity contribution in [1.29, 1.82) is 0 Å². The van der Waals surface area contributed by atoms with Crippen LogP contribution in [0.1, 0.15) is 6.92 Å². The van der Waals surface area contributed by atoms with Crippen molar-refractivity contribution in [1.82, 2.24) is 0 Å². The summed E-state index contributed by atoms with van der Waals surface area (Å²) in [5, 5.41) is 2.99. The average molecular weight is 279 g/mol. The first-order chi connectivity index (χ1) is 9.05. The highest BCUT2D eigenvalue weighted by atomic mass is 32.2. The van der Waals surface area contributed by atoms with Gasteiger partial charge in [0.2, 0.25) is 9.84 Å². The number of para-hydroxylation sites is 1. The molecule has 0 aliphatic heterocycles. The highest BCUT2D eigenvalue weighted by Gasteiger charge is 2.21. The van der Waals surface area contributed by atoms with Crippen LogP contribution in [-0.4, -0.2) is 15.0 Å². The Morgan fingerprint density at radius 1 is 1.11 bits per heavy atom. The molecule has 0 saturated heterocycles. The quantitative estimate of drug-likeness (QED) is 0.935. The second kappa shape index (κ2) is 5.40. The van der Waals surface area contributed by atoms with Gasteiger partial charge in [-0.3, -0.25) is 0 Å². The highest BCUT2D eigenvalue weighted by molar-refractivity contribution is 7.91. The predicted molar refractivity (Wildman–Crippen MR) is 72.5 cm³/mol. The van der Waals surface area contributed by atoms with Crippen molar-refractivity contribution in [2.24, 2.45) is 0 Å². The zero-order valence-corrected chi connectivity index (χ0v) is 11.2. The normalized spacial score (nSPS) is 11.3. The molecule has 0 fully saturated rings. The van der Waals surface area contributed by atoms with Crippen LogP contribution < -0.4 is 5.32 Å². The van der Waals surface area contributed by atoms with Gasteiger partial charge >= 0.3 is 0 Å². The molecule has 19 heavy (non-hydrogen) atoms. The van der Waals surface area contributed by atoms with E-state index in [0.717, 1.165) is 6.07 Å². The summed E-state index contributed by atoms with van der Waals surface area (Å²) in [5.74, 6) is -0.568. The van der Waals surface area contributed by atoms with Gasteiger partial charge in [-0.15, -0.1) is 0 Å². The van der Waals surface area contributed by atoms with E-state index in [2.05, 4.69) is 5.32 Å². The van der Waals surface area contributed by atoms with Crippen LogP contribution in [0.25, 0.3) is 0 Å². The predicted octanol–water partition coefficient (Wildman–Crippen LogP) is 3.09. The molecule has 0 atom stereocenters. The van der Waals surface area contributed by atoms with Crippen molar-refractivity contribution in [3.63, 3.8) is 0 Å². The fourth-order valence-corrected chi connectivity index (χ4v) is 3.27. The van der Waals surface area contributed by atoms with E-state index < -0.39 is 15.7 Å². The number of hydrogen-bond acceptors (Lipinski definition) is 3. The molecule has 5 heteroatoms. The van der Waals surface area contributed by atoms with E-state index in [-0.39, 0.29) is 9.79 Å². The summed E-state index contributed by atoms with van der Waals surface area (Å²) in [4.78, 5) is 0.111. The Labute approximate surface area is 112 Å². The second-order valence-corrected chi connectivity index (χ2v) is 5.91. The Morgan fingerprint density at radius 3 is 2.53 bits per heavy atom. The third-order valence-electron chi connectivity index (χ3n) is 2.65. The van der Waals surface area contributed by atoms with Crippen LogP contribution >= 0.6 is 0 Å². The smallest absolute Gasteiger partial charge is 0.208 e. The molecular formula is C14H14FNO2S. The van der Waals surface area contributed by atoms with Gasteiger partial charge in [0.25, 0.3) is 0 Å². The van der Waals surface area contributed by atoms with Crippen molar-refractivity contribution >= 4 is 15.5 Å². The third-order valence-corrected chi connectivity index (χ3v) is 4.46. The van der Waals surface area contributed by atoms with E-state index in [4.69, 9.17) is 0 Å². The number of sulfone groups is 1. The fourth-order valence-electron chi connectivity index (χ4n) is 1.80. The van der Waals surface area contributed by atoms with Gasteiger partial charge in [-0.05, 0) is 37.3 Å². The third kappa shape index (κ3) is 2.76. The zero-order valence-electron chi connectivity index (χ0n) is 10.4. The maximum atomic E-state index is 13.2. The summed E-state index contributed by atoms with van der Waals surface area (Å²) in [6.07, 6.45) is 0. The summed E-state index contributed by atoms with van der Waals surface area (Å²) in [6, 6.07) is 11.6. The molecule has 0 saturated carbocycles. The van der Waals surface area contributed by atoms with Crippen LogP contribution in [0.4, 0.5) is 10.1 Å². The van der Waals surface area contributed by atoms with Crippen LogP contribution in [0.5, 0.6) is 0 Å². The Bertz CT molecular complexity index is 683. The number of rotatable bonds is 4. The SMILES string of the molecule is CCNc1ccccc1S(=O)(=O)c1cccc(F)c1. The van der Waals surface area contributed by atoms with Gasteiger partial charge in [0, 0.05) is 6.54 Å². The summed E-state index contributed by atoms with van der Waals surface area (Å²) in [7, 11) is -3.72. The first-order valence-corrected chi connectivity index (χ1v) is 7.37. The largest absolute Gasteiger partial charge is 0.384 e. The average Bonchev–Trinajstić information content (AvgIpc) is 2.39. The molecule has 0 aliphatic carbocycles. The van der Waals surface area contributed by atoms with Gasteiger partial charge in [0.15, 0.2) is 0 Å². The molecule has 1 N–H and O–H groups in total. The Morgan fingerprint density at radius 2 is 1.84 bits per heavy atom. The minimum absolute atomic E-state index is 0.0437. The van der Waals surface area contributed by atoms with Crippen LogP contribution in [-0.2, 0) is 9.84 Å². The Kier molecular flexibility index (Phi) is 3.85. The number of halogens is 1. The molecule has 2 aromatic rings. The Balaban J connectivity index is 2.57. The second-order valence-electron chi connectivity index (χ2n) is 3.99. The van der Waals surface area contributed by atoms with Crippen molar-refractivity contribution in [3.05, 3.63) is 54.3 Å². The van der Waals surface area contributed by atoms with Gasteiger partial charge in [0.1, 0.15) is 5.82 Å². The molecule has 100 valence electrons. The molecular weight excluding hydrogens is 265 g/mol. The Hall–Kier alpha value is -1.88. The van der Waals surface area contributed by atoms with Gasteiger partial charge in [-0.1, -0.05) is 18.2 Å². The lowest BCUT2D eigenvalue weighted by Crippen LogP contribution is -2.07. The van der Waals surface area contributed by atoms with Crippen molar-refractivity contribution in [2.45, 2.75) is 16.7 Å². The molecule has 0 aliphatic rings. The van der Waals surface area contributed by atoms with Crippen LogP contribution in [0.3, 0.4) is 0 Å². The van der Waals surface area contributed by atoms with Gasteiger partial charge in [-0.2, -0.15) is 0 Å². The maximum Gasteiger partial charge on any atom is 0.208 e. The van der Waals surface area contributed by atoms with Gasteiger partial charge < -0.3 is 5.32 Å². The van der Waals surface area contributed by atoms with Crippen LogP contribution in [0.2, 0.25) is 0 Å². The van der Waals surface area contributed by atoms with Crippen molar-refractivity contribution < 1.29 is 12.8 Å². The number of hydrogen-bond donors (Lipinski definition) is 1. The lowest BCUT2D eigenvalue weighted by Gasteiger charge is -2.11. The molecule has 2 rings (SSSR count). The number of nitrogens with one attached hydrogen (secondary N) is 1. The molecule has 0 bridgehead atoms. The molecule has 0 heterocycles. The minimum atomic E-state index is -3.72. The monoisotopic (exact) mass is 279 g/mol. The van der Waals surface area contributed by atoms with Gasteiger partial charge in [-0.25, -0.2) is 12.8 Å². The van der Waals surface area contributed by atoms with E-state index in [1.54, 1.807) is 18.2 Å². The molecule has 3 nitrogen and oxygen atoms in total. The molecule has 0 spiro atoms. The van der Waals surface area contributed by atoms with Crippen LogP contribution in [0, 0.1) is 5.82 Å².